The first-order chi connectivity index (χ1) is 10.0. The molecule has 7 heteroatoms. The highest BCUT2D eigenvalue weighted by Crippen LogP contribution is 2.29. The van der Waals surface area contributed by atoms with E-state index in [1.165, 1.54) is 6.07 Å². The molecule has 0 saturated carbocycles. The summed E-state index contributed by atoms with van der Waals surface area (Å²) in [7, 11) is 1.59. The van der Waals surface area contributed by atoms with Crippen molar-refractivity contribution in [2.45, 2.75) is 6.54 Å². The van der Waals surface area contributed by atoms with Crippen LogP contribution < -0.4 is 10.1 Å². The van der Waals surface area contributed by atoms with E-state index in [4.69, 9.17) is 4.74 Å². The summed E-state index contributed by atoms with van der Waals surface area (Å²) in [6.45, 7) is 0.356. The van der Waals surface area contributed by atoms with E-state index in [9.17, 15) is 10.1 Å². The average molecular weight is 416 g/mol. The summed E-state index contributed by atoms with van der Waals surface area (Å²) in [5, 5.41) is 14.2. The molecule has 0 spiro atoms. The fourth-order valence-electron chi connectivity index (χ4n) is 1.82. The van der Waals surface area contributed by atoms with Gasteiger partial charge in [-0.25, -0.2) is 0 Å². The van der Waals surface area contributed by atoms with E-state index in [-0.39, 0.29) is 10.6 Å². The fourth-order valence-corrected chi connectivity index (χ4v) is 2.58. The third kappa shape index (κ3) is 3.95. The number of nitro groups is 1. The Balaban J connectivity index is 2.18. The maximum atomic E-state index is 11.1. The molecule has 0 atom stereocenters. The molecule has 0 aromatic heterocycles. The summed E-state index contributed by atoms with van der Waals surface area (Å²) in [4.78, 5) is 10.7. The first-order valence-electron chi connectivity index (χ1n) is 6.01. The molecule has 0 saturated heterocycles. The molecule has 0 amide bonds. The quantitative estimate of drug-likeness (QED) is 0.565. The molecule has 2 rings (SSSR count). The van der Waals surface area contributed by atoms with Crippen molar-refractivity contribution in [1.82, 2.24) is 0 Å². The van der Waals surface area contributed by atoms with Gasteiger partial charge in [0, 0.05) is 34.4 Å². The predicted molar refractivity (Wildman–Crippen MR) is 88.8 cm³/mol. The lowest BCUT2D eigenvalue weighted by atomic mass is 10.1. The summed E-state index contributed by atoms with van der Waals surface area (Å²) < 4.78 is 6.75. The predicted octanol–water partition coefficient (Wildman–Crippen LogP) is 4.74. The van der Waals surface area contributed by atoms with E-state index >= 15 is 0 Å². The second-order valence-electron chi connectivity index (χ2n) is 4.23. The number of nitro benzene ring substituents is 1. The van der Waals surface area contributed by atoms with Crippen LogP contribution in [0, 0.1) is 10.1 Å². The maximum Gasteiger partial charge on any atom is 0.275 e. The molecule has 0 heterocycles. The molecule has 0 aliphatic rings. The Kier molecular flexibility index (Phi) is 5.19. The minimum Gasteiger partial charge on any atom is -0.495 e. The van der Waals surface area contributed by atoms with Crippen molar-refractivity contribution in [1.29, 1.82) is 0 Å². The molecule has 0 unspecified atom stereocenters. The number of hydrogen-bond acceptors (Lipinski definition) is 4. The lowest BCUT2D eigenvalue weighted by molar-refractivity contribution is -0.385. The summed E-state index contributed by atoms with van der Waals surface area (Å²) in [6.07, 6.45) is 0. The topological polar surface area (TPSA) is 64.4 Å². The molecule has 0 aliphatic heterocycles. The molecule has 2 aromatic rings. The van der Waals surface area contributed by atoms with Gasteiger partial charge in [-0.15, -0.1) is 0 Å². The van der Waals surface area contributed by atoms with Gasteiger partial charge in [-0.3, -0.25) is 10.1 Å². The second-order valence-corrected chi connectivity index (χ2v) is 6.00. The van der Waals surface area contributed by atoms with Gasteiger partial charge in [0.05, 0.1) is 16.5 Å². The monoisotopic (exact) mass is 414 g/mol. The number of benzene rings is 2. The van der Waals surface area contributed by atoms with E-state index < -0.39 is 0 Å². The number of halogens is 2. The van der Waals surface area contributed by atoms with Crippen molar-refractivity contribution in [2.24, 2.45) is 0 Å². The third-order valence-electron chi connectivity index (χ3n) is 2.88. The van der Waals surface area contributed by atoms with Crippen molar-refractivity contribution in [3.63, 3.8) is 0 Å². The molecule has 5 nitrogen and oxygen atoms in total. The Morgan fingerprint density at radius 3 is 2.67 bits per heavy atom. The number of ether oxygens (including phenoxy) is 1. The number of nitrogens with zero attached hydrogens (tertiary/aromatic N) is 1. The van der Waals surface area contributed by atoms with E-state index in [1.54, 1.807) is 19.2 Å². The smallest absolute Gasteiger partial charge is 0.275 e. The minimum absolute atomic E-state index is 0.0842. The molecule has 1 N–H and O–H groups in total. The highest BCUT2D eigenvalue weighted by Gasteiger charge is 2.14. The van der Waals surface area contributed by atoms with Gasteiger partial charge in [0.1, 0.15) is 5.75 Å². The van der Waals surface area contributed by atoms with Crippen LogP contribution in [0.2, 0.25) is 0 Å². The number of anilines is 1. The van der Waals surface area contributed by atoms with E-state index in [2.05, 4.69) is 37.2 Å². The third-order valence-corrected chi connectivity index (χ3v) is 4.03. The van der Waals surface area contributed by atoms with Gasteiger partial charge in [0.2, 0.25) is 0 Å². The molecule has 21 heavy (non-hydrogen) atoms. The Bertz CT molecular complexity index is 677. The molecule has 0 radical (unpaired) electrons. The van der Waals surface area contributed by atoms with Crippen LogP contribution in [0.1, 0.15) is 5.56 Å². The van der Waals surface area contributed by atoms with Crippen LogP contribution in [0.15, 0.2) is 45.3 Å². The number of hydrogen-bond donors (Lipinski definition) is 1. The maximum absolute atomic E-state index is 11.1. The number of nitrogens with one attached hydrogen (secondary N) is 1. The highest BCUT2D eigenvalue weighted by atomic mass is 79.9. The SMILES string of the molecule is COc1cc(NCc2ccc(Br)cc2[N+](=O)[O-])ccc1Br. The largest absolute Gasteiger partial charge is 0.495 e. The van der Waals surface area contributed by atoms with Gasteiger partial charge in [-0.1, -0.05) is 15.9 Å². The van der Waals surface area contributed by atoms with E-state index in [0.29, 0.717) is 22.3 Å². The zero-order valence-electron chi connectivity index (χ0n) is 11.1. The van der Waals surface area contributed by atoms with Crippen LogP contribution >= 0.6 is 31.9 Å². The average Bonchev–Trinajstić information content (AvgIpc) is 2.47. The zero-order chi connectivity index (χ0) is 15.4. The van der Waals surface area contributed by atoms with Crippen LogP contribution in [0.25, 0.3) is 0 Å². The Hall–Kier alpha value is -1.60. The van der Waals surface area contributed by atoms with Crippen LogP contribution in [0.3, 0.4) is 0 Å². The van der Waals surface area contributed by atoms with Crippen LogP contribution in [-0.2, 0) is 6.54 Å². The first-order valence-corrected chi connectivity index (χ1v) is 7.60. The number of methoxy groups -OCH3 is 1. The summed E-state index contributed by atoms with van der Waals surface area (Å²) in [6, 6.07) is 10.6. The number of rotatable bonds is 5. The van der Waals surface area contributed by atoms with Crippen LogP contribution in [-0.4, -0.2) is 12.0 Å². The molecular formula is C14H12Br2N2O3. The summed E-state index contributed by atoms with van der Waals surface area (Å²) >= 11 is 6.62. The van der Waals surface area contributed by atoms with Crippen molar-refractivity contribution < 1.29 is 9.66 Å². The molecule has 0 aliphatic carbocycles. The lowest BCUT2D eigenvalue weighted by Gasteiger charge is -2.10. The summed E-state index contributed by atoms with van der Waals surface area (Å²) in [5.74, 6) is 0.699. The Labute approximate surface area is 138 Å². The van der Waals surface area contributed by atoms with Crippen LogP contribution in [0.4, 0.5) is 11.4 Å². The molecule has 110 valence electrons. The van der Waals surface area contributed by atoms with Crippen LogP contribution in [0.5, 0.6) is 5.75 Å². The lowest BCUT2D eigenvalue weighted by Crippen LogP contribution is -2.03. The fraction of sp³-hybridized carbons (Fsp3) is 0.143. The van der Waals surface area contributed by atoms with E-state index in [1.807, 2.05) is 18.2 Å². The van der Waals surface area contributed by atoms with Crippen molar-refractivity contribution >= 4 is 43.2 Å². The molecule has 0 fully saturated rings. The van der Waals surface area contributed by atoms with E-state index in [0.717, 1.165) is 10.2 Å². The molecular weight excluding hydrogens is 404 g/mol. The molecule has 0 bridgehead atoms. The van der Waals surface area contributed by atoms with Gasteiger partial charge in [-0.2, -0.15) is 0 Å². The van der Waals surface area contributed by atoms with Crippen molar-refractivity contribution in [2.75, 3.05) is 12.4 Å². The zero-order valence-corrected chi connectivity index (χ0v) is 14.3. The Morgan fingerprint density at radius 1 is 1.24 bits per heavy atom. The van der Waals surface area contributed by atoms with Crippen molar-refractivity contribution in [3.8, 4) is 5.75 Å². The molecule has 2 aromatic carbocycles. The van der Waals surface area contributed by atoms with Gasteiger partial charge < -0.3 is 10.1 Å². The van der Waals surface area contributed by atoms with Gasteiger partial charge in [0.15, 0.2) is 0 Å². The van der Waals surface area contributed by atoms with Gasteiger partial charge in [0.25, 0.3) is 5.69 Å². The standard InChI is InChI=1S/C14H12Br2N2O3/c1-21-14-7-11(4-5-12(14)16)17-8-9-2-3-10(15)6-13(9)18(19)20/h2-7,17H,8H2,1H3. The normalized spacial score (nSPS) is 10.2. The second kappa shape index (κ2) is 6.91. The highest BCUT2D eigenvalue weighted by molar-refractivity contribution is 9.10. The first kappa shape index (κ1) is 15.8. The van der Waals surface area contributed by atoms with Crippen molar-refractivity contribution in [3.05, 3.63) is 61.0 Å². The summed E-state index contributed by atoms with van der Waals surface area (Å²) in [5.41, 5.74) is 1.53. The van der Waals surface area contributed by atoms with Gasteiger partial charge >= 0.3 is 0 Å². The minimum atomic E-state index is -0.385. The Morgan fingerprint density at radius 2 is 2.00 bits per heavy atom. The van der Waals surface area contributed by atoms with Gasteiger partial charge in [-0.05, 0) is 40.2 Å².